The standard InChI is InChI=1S/C14H14BrFN4O3/c1-23-11-3-2-9(15)7(12(11)16)5-18-13-8-4-17-6-10(8)20(19-13)14(21)22/h2-3,17H,4-6H2,1H3,(H,18,19)(H,21,22). The van der Waals surface area contributed by atoms with E-state index in [0.29, 0.717) is 34.6 Å². The molecule has 0 saturated heterocycles. The third-order valence-electron chi connectivity index (χ3n) is 3.67. The number of aromatic nitrogens is 2. The lowest BCUT2D eigenvalue weighted by Crippen LogP contribution is -2.16. The first kappa shape index (κ1) is 15.8. The quantitative estimate of drug-likeness (QED) is 0.750. The van der Waals surface area contributed by atoms with Crippen LogP contribution in [-0.4, -0.2) is 28.1 Å². The summed E-state index contributed by atoms with van der Waals surface area (Å²) in [5.74, 6) is 0.108. The largest absolute Gasteiger partial charge is 0.494 e. The summed E-state index contributed by atoms with van der Waals surface area (Å²) in [6.45, 7) is 1.10. The van der Waals surface area contributed by atoms with Crippen molar-refractivity contribution in [3.05, 3.63) is 39.2 Å². The predicted octanol–water partition coefficient (Wildman–Crippen LogP) is 2.53. The number of halogens is 2. The van der Waals surface area contributed by atoms with Crippen molar-refractivity contribution in [1.82, 2.24) is 15.1 Å². The number of carboxylic acid groups (broad SMARTS) is 1. The van der Waals surface area contributed by atoms with Crippen LogP contribution in [0.15, 0.2) is 16.6 Å². The molecule has 23 heavy (non-hydrogen) atoms. The number of ether oxygens (including phenoxy) is 1. The number of fused-ring (bicyclic) bond motifs is 1. The van der Waals surface area contributed by atoms with Gasteiger partial charge in [-0.05, 0) is 12.1 Å². The fraction of sp³-hybridized carbons (Fsp3) is 0.286. The molecule has 0 fully saturated rings. The van der Waals surface area contributed by atoms with Crippen LogP contribution in [-0.2, 0) is 19.6 Å². The van der Waals surface area contributed by atoms with E-state index in [1.807, 2.05) is 0 Å². The highest BCUT2D eigenvalue weighted by Crippen LogP contribution is 2.29. The number of hydrogen-bond acceptors (Lipinski definition) is 5. The third kappa shape index (κ3) is 2.77. The number of methoxy groups -OCH3 is 1. The molecule has 7 nitrogen and oxygen atoms in total. The maximum absolute atomic E-state index is 14.3. The van der Waals surface area contributed by atoms with Crippen molar-refractivity contribution >= 4 is 27.8 Å². The molecule has 0 radical (unpaired) electrons. The fourth-order valence-electron chi connectivity index (χ4n) is 2.53. The molecule has 1 aromatic carbocycles. The molecule has 0 spiro atoms. The number of rotatable bonds is 4. The van der Waals surface area contributed by atoms with Gasteiger partial charge in [0.05, 0.1) is 12.8 Å². The van der Waals surface area contributed by atoms with Gasteiger partial charge in [-0.25, -0.2) is 9.18 Å². The highest BCUT2D eigenvalue weighted by molar-refractivity contribution is 9.10. The normalized spacial score (nSPS) is 13.0. The van der Waals surface area contributed by atoms with E-state index in [0.717, 1.165) is 10.2 Å². The van der Waals surface area contributed by atoms with Gasteiger partial charge in [0.15, 0.2) is 17.4 Å². The van der Waals surface area contributed by atoms with Crippen molar-refractivity contribution in [3.8, 4) is 5.75 Å². The van der Waals surface area contributed by atoms with E-state index >= 15 is 0 Å². The van der Waals surface area contributed by atoms with Crippen molar-refractivity contribution in [2.24, 2.45) is 0 Å². The van der Waals surface area contributed by atoms with Gasteiger partial charge in [-0.1, -0.05) is 15.9 Å². The van der Waals surface area contributed by atoms with Crippen LogP contribution in [0.3, 0.4) is 0 Å². The topological polar surface area (TPSA) is 88.4 Å². The van der Waals surface area contributed by atoms with Gasteiger partial charge in [-0.3, -0.25) is 0 Å². The number of benzene rings is 1. The minimum Gasteiger partial charge on any atom is -0.494 e. The van der Waals surface area contributed by atoms with Crippen LogP contribution in [0.1, 0.15) is 16.8 Å². The van der Waals surface area contributed by atoms with Crippen LogP contribution < -0.4 is 15.4 Å². The van der Waals surface area contributed by atoms with Gasteiger partial charge >= 0.3 is 6.09 Å². The zero-order chi connectivity index (χ0) is 16.6. The first-order valence-electron chi connectivity index (χ1n) is 6.82. The Kier molecular flexibility index (Phi) is 4.22. The monoisotopic (exact) mass is 384 g/mol. The minimum absolute atomic E-state index is 0.146. The molecule has 122 valence electrons. The van der Waals surface area contributed by atoms with Gasteiger partial charge in [-0.2, -0.15) is 4.68 Å². The maximum atomic E-state index is 14.3. The Labute approximate surface area is 139 Å². The molecule has 0 saturated carbocycles. The Balaban J connectivity index is 1.88. The first-order chi connectivity index (χ1) is 11.0. The number of nitrogens with one attached hydrogen (secondary N) is 2. The average Bonchev–Trinajstić information content (AvgIpc) is 3.10. The van der Waals surface area contributed by atoms with Crippen LogP contribution >= 0.6 is 15.9 Å². The second-order valence-corrected chi connectivity index (χ2v) is 5.82. The Morgan fingerprint density at radius 3 is 3.04 bits per heavy atom. The van der Waals surface area contributed by atoms with E-state index in [1.165, 1.54) is 13.2 Å². The van der Waals surface area contributed by atoms with E-state index in [2.05, 4.69) is 31.7 Å². The molecule has 3 rings (SSSR count). The molecule has 0 atom stereocenters. The summed E-state index contributed by atoms with van der Waals surface area (Å²) >= 11 is 3.31. The Hall–Kier alpha value is -2.13. The van der Waals surface area contributed by atoms with Gasteiger partial charge in [-0.15, -0.1) is 5.10 Å². The molecule has 1 aliphatic rings. The summed E-state index contributed by atoms with van der Waals surface area (Å²) < 4.78 is 20.8. The average molecular weight is 385 g/mol. The Morgan fingerprint density at radius 2 is 2.35 bits per heavy atom. The van der Waals surface area contributed by atoms with Gasteiger partial charge in [0.25, 0.3) is 0 Å². The molecule has 2 aromatic rings. The van der Waals surface area contributed by atoms with Crippen LogP contribution in [0, 0.1) is 5.82 Å². The van der Waals surface area contributed by atoms with Crippen molar-refractivity contribution < 1.29 is 19.0 Å². The van der Waals surface area contributed by atoms with Crippen LogP contribution in [0.4, 0.5) is 15.0 Å². The van der Waals surface area contributed by atoms with Gasteiger partial charge in [0.2, 0.25) is 0 Å². The zero-order valence-electron chi connectivity index (χ0n) is 12.2. The van der Waals surface area contributed by atoms with Crippen molar-refractivity contribution in [3.63, 3.8) is 0 Å². The van der Waals surface area contributed by atoms with E-state index in [-0.39, 0.29) is 12.3 Å². The fourth-order valence-corrected chi connectivity index (χ4v) is 2.97. The molecule has 3 N–H and O–H groups in total. The lowest BCUT2D eigenvalue weighted by atomic mass is 10.2. The molecular weight excluding hydrogens is 371 g/mol. The predicted molar refractivity (Wildman–Crippen MR) is 84.2 cm³/mol. The van der Waals surface area contributed by atoms with Crippen LogP contribution in [0.5, 0.6) is 5.75 Å². The number of carbonyl (C=O) groups is 1. The van der Waals surface area contributed by atoms with E-state index in [9.17, 15) is 9.18 Å². The van der Waals surface area contributed by atoms with Crippen LogP contribution in [0.2, 0.25) is 0 Å². The Bertz CT molecular complexity index is 778. The van der Waals surface area contributed by atoms with Gasteiger partial charge < -0.3 is 20.5 Å². The summed E-state index contributed by atoms with van der Waals surface area (Å²) in [5, 5.41) is 19.3. The lowest BCUT2D eigenvalue weighted by molar-refractivity contribution is 0.191. The molecule has 0 aliphatic carbocycles. The molecule has 0 unspecified atom stereocenters. The lowest BCUT2D eigenvalue weighted by Gasteiger charge is -2.11. The number of anilines is 1. The van der Waals surface area contributed by atoms with Crippen molar-refractivity contribution in [2.45, 2.75) is 19.6 Å². The maximum Gasteiger partial charge on any atom is 0.432 e. The third-order valence-corrected chi connectivity index (χ3v) is 4.41. The molecular formula is C14H14BrFN4O3. The summed E-state index contributed by atoms with van der Waals surface area (Å²) in [6.07, 6.45) is -1.15. The smallest absolute Gasteiger partial charge is 0.432 e. The molecule has 1 aliphatic heterocycles. The van der Waals surface area contributed by atoms with Crippen molar-refractivity contribution in [1.29, 1.82) is 0 Å². The molecule has 0 bridgehead atoms. The zero-order valence-corrected chi connectivity index (χ0v) is 13.8. The summed E-state index contributed by atoms with van der Waals surface area (Å²) in [7, 11) is 1.40. The second-order valence-electron chi connectivity index (χ2n) is 4.97. The van der Waals surface area contributed by atoms with E-state index in [4.69, 9.17) is 9.84 Å². The Morgan fingerprint density at radius 1 is 1.57 bits per heavy atom. The minimum atomic E-state index is -1.15. The molecule has 0 amide bonds. The molecule has 2 heterocycles. The summed E-state index contributed by atoms with van der Waals surface area (Å²) in [4.78, 5) is 11.2. The molecule has 9 heteroatoms. The summed E-state index contributed by atoms with van der Waals surface area (Å²) in [5.41, 5.74) is 1.77. The highest BCUT2D eigenvalue weighted by Gasteiger charge is 2.25. The molecule has 1 aromatic heterocycles. The van der Waals surface area contributed by atoms with Crippen LogP contribution in [0.25, 0.3) is 0 Å². The second kappa shape index (κ2) is 6.17. The van der Waals surface area contributed by atoms with E-state index < -0.39 is 11.9 Å². The SMILES string of the molecule is COc1ccc(Br)c(CNc2nn(C(=O)O)c3c2CNC3)c1F. The van der Waals surface area contributed by atoms with E-state index in [1.54, 1.807) is 6.07 Å². The van der Waals surface area contributed by atoms with Gasteiger partial charge in [0, 0.05) is 35.2 Å². The highest BCUT2D eigenvalue weighted by atomic mass is 79.9. The summed E-state index contributed by atoms with van der Waals surface area (Å²) in [6, 6.07) is 3.23. The number of hydrogen-bond donors (Lipinski definition) is 3. The number of nitrogens with zero attached hydrogens (tertiary/aromatic N) is 2. The van der Waals surface area contributed by atoms with Gasteiger partial charge in [0.1, 0.15) is 0 Å². The first-order valence-corrected chi connectivity index (χ1v) is 7.61. The van der Waals surface area contributed by atoms with Crippen molar-refractivity contribution in [2.75, 3.05) is 12.4 Å².